The molecule has 1 unspecified atom stereocenters. The highest BCUT2D eigenvalue weighted by atomic mass is 16.6. The average molecular weight is 517 g/mol. The van der Waals surface area contributed by atoms with Crippen molar-refractivity contribution in [3.63, 3.8) is 0 Å². The Morgan fingerprint density at radius 2 is 1.70 bits per heavy atom. The van der Waals surface area contributed by atoms with Gasteiger partial charge in [-0.05, 0) is 68.1 Å². The molecule has 1 aliphatic carbocycles. The molecule has 1 aliphatic rings. The molecule has 1 atom stereocenters. The summed E-state index contributed by atoms with van der Waals surface area (Å²) in [6.07, 6.45) is 12.1. The highest BCUT2D eigenvalue weighted by Crippen LogP contribution is 2.38. The first-order valence-corrected chi connectivity index (χ1v) is 13.8. The van der Waals surface area contributed by atoms with Gasteiger partial charge >= 0.3 is 17.9 Å². The molecule has 7 nitrogen and oxygen atoms in total. The van der Waals surface area contributed by atoms with E-state index in [2.05, 4.69) is 20.4 Å². The molecule has 1 aromatic carbocycles. The molecule has 0 aromatic heterocycles. The van der Waals surface area contributed by atoms with E-state index in [0.29, 0.717) is 48.2 Å². The number of benzene rings is 1. The SMILES string of the molecule is C=CC(=O)OCCCCOC(=O)c1ccc(OC(=O)CCC(CCC)C2CCC(CC)CC2)c(OC)c1. The van der Waals surface area contributed by atoms with Crippen LogP contribution in [-0.4, -0.2) is 38.2 Å². The summed E-state index contributed by atoms with van der Waals surface area (Å²) in [6, 6.07) is 4.64. The van der Waals surface area contributed by atoms with Gasteiger partial charge in [-0.2, -0.15) is 0 Å². The lowest BCUT2D eigenvalue weighted by Crippen LogP contribution is -2.23. The Kier molecular flexibility index (Phi) is 13.8. The van der Waals surface area contributed by atoms with Crippen molar-refractivity contribution in [3.8, 4) is 11.5 Å². The van der Waals surface area contributed by atoms with Crippen LogP contribution in [0.4, 0.5) is 0 Å². The van der Waals surface area contributed by atoms with Crippen LogP contribution in [0.25, 0.3) is 0 Å². The zero-order chi connectivity index (χ0) is 27.0. The van der Waals surface area contributed by atoms with E-state index < -0.39 is 11.9 Å². The lowest BCUT2D eigenvalue weighted by atomic mass is 9.72. The first kappa shape index (κ1) is 30.4. The van der Waals surface area contributed by atoms with Gasteiger partial charge in [0, 0.05) is 12.5 Å². The predicted octanol–water partition coefficient (Wildman–Crippen LogP) is 6.68. The van der Waals surface area contributed by atoms with Crippen LogP contribution in [0, 0.1) is 17.8 Å². The van der Waals surface area contributed by atoms with Gasteiger partial charge in [-0.3, -0.25) is 4.79 Å². The fourth-order valence-corrected chi connectivity index (χ4v) is 5.09. The molecule has 1 saturated carbocycles. The van der Waals surface area contributed by atoms with E-state index in [-0.39, 0.29) is 19.2 Å². The molecule has 37 heavy (non-hydrogen) atoms. The second kappa shape index (κ2) is 16.8. The highest BCUT2D eigenvalue weighted by Gasteiger charge is 2.27. The number of methoxy groups -OCH3 is 1. The first-order chi connectivity index (χ1) is 17.9. The van der Waals surface area contributed by atoms with Crippen LogP contribution < -0.4 is 9.47 Å². The topological polar surface area (TPSA) is 88.1 Å². The molecule has 0 aliphatic heterocycles. The largest absolute Gasteiger partial charge is 0.493 e. The van der Waals surface area contributed by atoms with Crippen molar-refractivity contribution in [1.82, 2.24) is 0 Å². The highest BCUT2D eigenvalue weighted by molar-refractivity contribution is 5.90. The van der Waals surface area contributed by atoms with Crippen molar-refractivity contribution in [2.24, 2.45) is 17.8 Å². The van der Waals surface area contributed by atoms with Gasteiger partial charge in [-0.15, -0.1) is 0 Å². The normalized spacial score (nSPS) is 17.9. The predicted molar refractivity (Wildman–Crippen MR) is 143 cm³/mol. The Morgan fingerprint density at radius 3 is 2.32 bits per heavy atom. The summed E-state index contributed by atoms with van der Waals surface area (Å²) in [5, 5.41) is 0. The molecule has 206 valence electrons. The second-order valence-electron chi connectivity index (χ2n) is 9.83. The first-order valence-electron chi connectivity index (χ1n) is 13.8. The second-order valence-corrected chi connectivity index (χ2v) is 9.83. The lowest BCUT2D eigenvalue weighted by Gasteiger charge is -2.33. The van der Waals surface area contributed by atoms with Crippen molar-refractivity contribution in [1.29, 1.82) is 0 Å². The van der Waals surface area contributed by atoms with E-state index in [1.165, 1.54) is 45.3 Å². The number of ether oxygens (including phenoxy) is 4. The molecular formula is C30H44O7. The van der Waals surface area contributed by atoms with Gasteiger partial charge in [0.25, 0.3) is 0 Å². The van der Waals surface area contributed by atoms with Crippen LogP contribution in [0.2, 0.25) is 0 Å². The molecule has 2 rings (SSSR count). The third-order valence-corrected chi connectivity index (χ3v) is 7.32. The standard InChI is InChI=1S/C30H44O7/c1-5-10-23(24-13-11-22(6-2)12-14-24)16-18-29(32)37-26-17-15-25(21-27(26)34-4)30(33)36-20-9-8-19-35-28(31)7-3/h7,15,17,21-24H,3,5-6,8-14,16,18-20H2,1-2,4H3. The monoisotopic (exact) mass is 516 g/mol. The molecule has 1 fully saturated rings. The molecule has 7 heteroatoms. The number of carbonyl (C=O) groups is 3. The minimum Gasteiger partial charge on any atom is -0.493 e. The quantitative estimate of drug-likeness (QED) is 0.105. The van der Waals surface area contributed by atoms with E-state index in [1.807, 2.05) is 0 Å². The van der Waals surface area contributed by atoms with E-state index in [4.69, 9.17) is 18.9 Å². The van der Waals surface area contributed by atoms with Crippen molar-refractivity contribution in [2.75, 3.05) is 20.3 Å². The van der Waals surface area contributed by atoms with Crippen molar-refractivity contribution in [3.05, 3.63) is 36.4 Å². The van der Waals surface area contributed by atoms with Gasteiger partial charge in [0.15, 0.2) is 11.5 Å². The van der Waals surface area contributed by atoms with Crippen LogP contribution in [-0.2, 0) is 19.1 Å². The maximum absolute atomic E-state index is 12.7. The summed E-state index contributed by atoms with van der Waals surface area (Å²) in [5.74, 6) is 1.48. The van der Waals surface area contributed by atoms with Gasteiger partial charge in [-0.1, -0.05) is 52.5 Å². The molecule has 0 amide bonds. The van der Waals surface area contributed by atoms with Crippen LogP contribution in [0.15, 0.2) is 30.9 Å². The van der Waals surface area contributed by atoms with E-state index >= 15 is 0 Å². The Hall–Kier alpha value is -2.83. The number of hydrogen-bond donors (Lipinski definition) is 0. The molecule has 1 aromatic rings. The fourth-order valence-electron chi connectivity index (χ4n) is 5.09. The summed E-state index contributed by atoms with van der Waals surface area (Å²) in [7, 11) is 1.47. The average Bonchev–Trinajstić information content (AvgIpc) is 2.92. The Bertz CT molecular complexity index is 871. The number of unbranched alkanes of at least 4 members (excludes halogenated alkanes) is 1. The van der Waals surface area contributed by atoms with E-state index in [0.717, 1.165) is 31.3 Å². The van der Waals surface area contributed by atoms with Gasteiger partial charge < -0.3 is 18.9 Å². The van der Waals surface area contributed by atoms with Crippen LogP contribution in [0.1, 0.15) is 94.8 Å². The van der Waals surface area contributed by atoms with Gasteiger partial charge in [0.1, 0.15) is 0 Å². The molecule has 0 heterocycles. The Morgan fingerprint density at radius 1 is 1.00 bits per heavy atom. The Balaban J connectivity index is 1.82. The number of carbonyl (C=O) groups excluding carboxylic acids is 3. The van der Waals surface area contributed by atoms with Gasteiger partial charge in [0.2, 0.25) is 0 Å². The fraction of sp³-hybridized carbons (Fsp3) is 0.633. The zero-order valence-corrected chi connectivity index (χ0v) is 22.8. The van der Waals surface area contributed by atoms with Crippen molar-refractivity contribution >= 4 is 17.9 Å². The maximum atomic E-state index is 12.7. The molecular weight excluding hydrogens is 472 g/mol. The third-order valence-electron chi connectivity index (χ3n) is 7.32. The minimum absolute atomic E-state index is 0.197. The molecule has 0 N–H and O–H groups in total. The van der Waals surface area contributed by atoms with E-state index in [9.17, 15) is 14.4 Å². The molecule has 0 radical (unpaired) electrons. The summed E-state index contributed by atoms with van der Waals surface area (Å²) in [6.45, 7) is 8.26. The van der Waals surface area contributed by atoms with E-state index in [1.54, 1.807) is 12.1 Å². The van der Waals surface area contributed by atoms with Crippen LogP contribution in [0.5, 0.6) is 11.5 Å². The van der Waals surface area contributed by atoms with Crippen molar-refractivity contribution < 1.29 is 33.3 Å². The van der Waals surface area contributed by atoms with Gasteiger partial charge in [0.05, 0.1) is 25.9 Å². The number of hydrogen-bond acceptors (Lipinski definition) is 7. The number of rotatable bonds is 16. The Labute approximate surface area is 221 Å². The third kappa shape index (κ3) is 10.6. The van der Waals surface area contributed by atoms with Gasteiger partial charge in [-0.25, -0.2) is 9.59 Å². The maximum Gasteiger partial charge on any atom is 0.338 e. The lowest BCUT2D eigenvalue weighted by molar-refractivity contribution is -0.138. The summed E-state index contributed by atoms with van der Waals surface area (Å²) < 4.78 is 21.1. The molecule has 0 spiro atoms. The minimum atomic E-state index is -0.500. The molecule has 0 saturated heterocycles. The summed E-state index contributed by atoms with van der Waals surface area (Å²) in [4.78, 5) is 36.1. The zero-order valence-electron chi connectivity index (χ0n) is 22.8. The number of esters is 3. The molecule has 0 bridgehead atoms. The van der Waals surface area contributed by atoms with Crippen LogP contribution in [0.3, 0.4) is 0 Å². The van der Waals surface area contributed by atoms with Crippen LogP contribution >= 0.6 is 0 Å². The van der Waals surface area contributed by atoms with Crippen molar-refractivity contribution in [2.45, 2.75) is 84.5 Å². The summed E-state index contributed by atoms with van der Waals surface area (Å²) in [5.41, 5.74) is 0.306. The smallest absolute Gasteiger partial charge is 0.338 e. The summed E-state index contributed by atoms with van der Waals surface area (Å²) >= 11 is 0.